The minimum Gasteiger partial charge on any atom is -0.317 e. The molecule has 1 saturated heterocycles. The third kappa shape index (κ3) is 4.19. The lowest BCUT2D eigenvalue weighted by Crippen LogP contribution is -2.33. The van der Waals surface area contributed by atoms with Gasteiger partial charge in [-0.25, -0.2) is 8.42 Å². The number of benzene rings is 1. The number of piperidine rings is 1. The van der Waals surface area contributed by atoms with Crippen LogP contribution in [0.25, 0.3) is 0 Å². The molecule has 1 aliphatic rings. The highest BCUT2D eigenvalue weighted by atomic mass is 79.9. The Labute approximate surface area is 123 Å². The van der Waals surface area contributed by atoms with Gasteiger partial charge in [-0.15, -0.1) is 0 Å². The fraction of sp³-hybridized carbons (Fsp3) is 0.538. The van der Waals surface area contributed by atoms with Crippen LogP contribution < -0.4 is 10.0 Å². The molecule has 4 nitrogen and oxygen atoms in total. The molecule has 0 atom stereocenters. The molecule has 0 aliphatic carbocycles. The molecule has 1 fully saturated rings. The molecular weight excluding hydrogens is 328 g/mol. The maximum atomic E-state index is 12.2. The average molecular weight is 347 g/mol. The molecule has 1 aromatic carbocycles. The van der Waals surface area contributed by atoms with Crippen LogP contribution in [0.2, 0.25) is 0 Å². The predicted molar refractivity (Wildman–Crippen MR) is 81.9 cm³/mol. The third-order valence-electron chi connectivity index (χ3n) is 3.37. The number of anilines is 1. The van der Waals surface area contributed by atoms with Crippen molar-refractivity contribution in [3.05, 3.63) is 28.2 Å². The van der Waals surface area contributed by atoms with Crippen LogP contribution in [0.1, 0.15) is 18.4 Å². The van der Waals surface area contributed by atoms with Crippen molar-refractivity contribution < 1.29 is 8.42 Å². The number of halogens is 1. The van der Waals surface area contributed by atoms with E-state index in [1.54, 1.807) is 6.07 Å². The Morgan fingerprint density at radius 3 is 2.74 bits per heavy atom. The zero-order valence-electron chi connectivity index (χ0n) is 10.9. The Kier molecular flexibility index (Phi) is 4.86. The van der Waals surface area contributed by atoms with Crippen LogP contribution in [0.15, 0.2) is 22.7 Å². The van der Waals surface area contributed by atoms with E-state index in [1.807, 2.05) is 19.1 Å². The summed E-state index contributed by atoms with van der Waals surface area (Å²) < 4.78 is 27.8. The van der Waals surface area contributed by atoms with Crippen molar-refractivity contribution in [1.29, 1.82) is 0 Å². The zero-order valence-corrected chi connectivity index (χ0v) is 13.4. The number of aryl methyl sites for hydroxylation is 1. The zero-order chi connectivity index (χ0) is 13.9. The van der Waals surface area contributed by atoms with E-state index in [0.29, 0.717) is 5.69 Å². The van der Waals surface area contributed by atoms with E-state index in [-0.39, 0.29) is 11.7 Å². The molecule has 106 valence electrons. The molecule has 0 amide bonds. The van der Waals surface area contributed by atoms with Crippen molar-refractivity contribution in [3.63, 3.8) is 0 Å². The smallest absolute Gasteiger partial charge is 0.233 e. The van der Waals surface area contributed by atoms with E-state index in [4.69, 9.17) is 0 Å². The normalized spacial score (nSPS) is 17.4. The van der Waals surface area contributed by atoms with Gasteiger partial charge in [0.05, 0.1) is 11.4 Å². The van der Waals surface area contributed by atoms with Gasteiger partial charge in [0.2, 0.25) is 10.0 Å². The van der Waals surface area contributed by atoms with E-state index < -0.39 is 10.0 Å². The van der Waals surface area contributed by atoms with Crippen molar-refractivity contribution in [2.75, 3.05) is 23.6 Å². The molecule has 2 N–H and O–H groups in total. The topological polar surface area (TPSA) is 58.2 Å². The highest BCUT2D eigenvalue weighted by Crippen LogP contribution is 2.27. The first-order valence-electron chi connectivity index (χ1n) is 6.44. The second-order valence-electron chi connectivity index (χ2n) is 5.01. The predicted octanol–water partition coefficient (Wildman–Crippen LogP) is 2.50. The Hall–Kier alpha value is -0.590. The van der Waals surface area contributed by atoms with E-state index >= 15 is 0 Å². The van der Waals surface area contributed by atoms with E-state index in [1.165, 1.54) is 0 Å². The summed E-state index contributed by atoms with van der Waals surface area (Å²) in [6.45, 7) is 3.76. The molecular formula is C13H19BrN2O2S. The second-order valence-corrected chi connectivity index (χ2v) is 7.57. The standard InChI is InChI=1S/C13H19BrN2O2S/c1-10-3-2-4-12(13(10)14)16-19(17,18)9-11-5-7-15-8-6-11/h2-4,11,15-16H,5-9H2,1H3. The molecule has 1 aromatic rings. The van der Waals surface area contributed by atoms with E-state index in [2.05, 4.69) is 26.0 Å². The lowest BCUT2D eigenvalue weighted by molar-refractivity contribution is 0.402. The lowest BCUT2D eigenvalue weighted by Gasteiger charge is -2.22. The van der Waals surface area contributed by atoms with E-state index in [0.717, 1.165) is 36.0 Å². The van der Waals surface area contributed by atoms with Crippen LogP contribution in [0.5, 0.6) is 0 Å². The maximum absolute atomic E-state index is 12.2. The van der Waals surface area contributed by atoms with Crippen LogP contribution in [0.4, 0.5) is 5.69 Å². The van der Waals surface area contributed by atoms with Crippen molar-refractivity contribution in [1.82, 2.24) is 5.32 Å². The van der Waals surface area contributed by atoms with Gasteiger partial charge in [0.1, 0.15) is 0 Å². The summed E-state index contributed by atoms with van der Waals surface area (Å²) in [7, 11) is -3.28. The van der Waals surface area contributed by atoms with Crippen LogP contribution in [0, 0.1) is 12.8 Å². The minimum atomic E-state index is -3.28. The van der Waals surface area contributed by atoms with Crippen LogP contribution in [-0.4, -0.2) is 27.3 Å². The average Bonchev–Trinajstić information content (AvgIpc) is 2.35. The first-order valence-corrected chi connectivity index (χ1v) is 8.89. The Morgan fingerprint density at radius 1 is 1.37 bits per heavy atom. The summed E-state index contributed by atoms with van der Waals surface area (Å²) in [6.07, 6.45) is 1.85. The fourth-order valence-corrected chi connectivity index (χ4v) is 4.33. The van der Waals surface area contributed by atoms with Crippen LogP contribution >= 0.6 is 15.9 Å². The quantitative estimate of drug-likeness (QED) is 0.880. The molecule has 2 rings (SSSR count). The van der Waals surface area contributed by atoms with Gasteiger partial charge < -0.3 is 5.32 Å². The molecule has 0 aromatic heterocycles. The Bertz CT molecular complexity index is 540. The molecule has 19 heavy (non-hydrogen) atoms. The largest absolute Gasteiger partial charge is 0.317 e. The molecule has 6 heteroatoms. The first kappa shape index (κ1) is 14.8. The monoisotopic (exact) mass is 346 g/mol. The summed E-state index contributed by atoms with van der Waals surface area (Å²) in [4.78, 5) is 0. The molecule has 0 radical (unpaired) electrons. The van der Waals surface area contributed by atoms with Crippen LogP contribution in [0.3, 0.4) is 0 Å². The Morgan fingerprint density at radius 2 is 2.05 bits per heavy atom. The van der Waals surface area contributed by atoms with Gasteiger partial charge in [-0.05, 0) is 66.3 Å². The molecule has 1 heterocycles. The Balaban J connectivity index is 2.06. The number of sulfonamides is 1. The summed E-state index contributed by atoms with van der Waals surface area (Å²) in [5, 5.41) is 3.24. The minimum absolute atomic E-state index is 0.203. The van der Waals surface area contributed by atoms with Crippen molar-refractivity contribution in [3.8, 4) is 0 Å². The van der Waals surface area contributed by atoms with Gasteiger partial charge in [0.15, 0.2) is 0 Å². The van der Waals surface area contributed by atoms with Gasteiger partial charge in [-0.2, -0.15) is 0 Å². The van der Waals surface area contributed by atoms with Gasteiger partial charge in [-0.1, -0.05) is 12.1 Å². The van der Waals surface area contributed by atoms with E-state index in [9.17, 15) is 8.42 Å². The van der Waals surface area contributed by atoms with Gasteiger partial charge >= 0.3 is 0 Å². The SMILES string of the molecule is Cc1cccc(NS(=O)(=O)CC2CCNCC2)c1Br. The van der Waals surface area contributed by atoms with Crippen molar-refractivity contribution in [2.24, 2.45) is 5.92 Å². The van der Waals surface area contributed by atoms with Gasteiger partial charge in [0.25, 0.3) is 0 Å². The first-order chi connectivity index (χ1) is 8.98. The van der Waals surface area contributed by atoms with Gasteiger partial charge in [-0.3, -0.25) is 4.72 Å². The molecule has 0 saturated carbocycles. The number of rotatable bonds is 4. The number of hydrogen-bond acceptors (Lipinski definition) is 3. The van der Waals surface area contributed by atoms with Crippen LogP contribution in [-0.2, 0) is 10.0 Å². The number of hydrogen-bond donors (Lipinski definition) is 2. The summed E-state index contributed by atoms with van der Waals surface area (Å²) in [6, 6.07) is 5.56. The van der Waals surface area contributed by atoms with Crippen molar-refractivity contribution >= 4 is 31.6 Å². The molecule has 1 aliphatic heterocycles. The van der Waals surface area contributed by atoms with Crippen molar-refractivity contribution in [2.45, 2.75) is 19.8 Å². The second kappa shape index (κ2) is 6.24. The lowest BCUT2D eigenvalue weighted by atomic mass is 10.0. The number of nitrogens with one attached hydrogen (secondary N) is 2. The summed E-state index contributed by atoms with van der Waals surface area (Å²) >= 11 is 3.42. The summed E-state index contributed by atoms with van der Waals surface area (Å²) in [5.41, 5.74) is 1.64. The molecule has 0 bridgehead atoms. The highest BCUT2D eigenvalue weighted by molar-refractivity contribution is 9.10. The fourth-order valence-electron chi connectivity index (χ4n) is 2.29. The highest BCUT2D eigenvalue weighted by Gasteiger charge is 2.21. The third-order valence-corrected chi connectivity index (χ3v) is 5.86. The van der Waals surface area contributed by atoms with Gasteiger partial charge in [0, 0.05) is 4.47 Å². The molecule has 0 unspecified atom stereocenters. The molecule has 0 spiro atoms. The maximum Gasteiger partial charge on any atom is 0.233 e. The summed E-state index contributed by atoms with van der Waals surface area (Å²) in [5.74, 6) is 0.456.